The molecule has 7 nitrogen and oxygen atoms in total. The summed E-state index contributed by atoms with van der Waals surface area (Å²) in [6.45, 7) is 17.5. The number of rotatable bonds is 8. The maximum atomic E-state index is 14.1. The van der Waals surface area contributed by atoms with Crippen molar-refractivity contribution in [1.29, 1.82) is 0 Å². The smallest absolute Gasteiger partial charge is 0.258 e. The first kappa shape index (κ1) is 30.5. The molecule has 42 heavy (non-hydrogen) atoms. The fourth-order valence-electron chi connectivity index (χ4n) is 8.15. The van der Waals surface area contributed by atoms with E-state index in [-0.39, 0.29) is 18.4 Å². The minimum atomic E-state index is -2.21. The van der Waals surface area contributed by atoms with Crippen LogP contribution in [-0.4, -0.2) is 50.7 Å². The fraction of sp³-hybridized carbons (Fsp3) is 0.529. The van der Waals surface area contributed by atoms with Crippen LogP contribution in [0.25, 0.3) is 5.57 Å². The molecule has 0 unspecified atom stereocenters. The number of hydrogen-bond donors (Lipinski definition) is 1. The van der Waals surface area contributed by atoms with Crippen LogP contribution in [0.5, 0.6) is 11.5 Å². The van der Waals surface area contributed by atoms with E-state index in [1.54, 1.807) is 19.2 Å². The van der Waals surface area contributed by atoms with Gasteiger partial charge in [-0.2, -0.15) is 0 Å². The Morgan fingerprint density at radius 1 is 0.952 bits per heavy atom. The van der Waals surface area contributed by atoms with Gasteiger partial charge in [0.2, 0.25) is 11.8 Å². The van der Waals surface area contributed by atoms with Crippen molar-refractivity contribution < 1.29 is 28.6 Å². The van der Waals surface area contributed by atoms with Crippen LogP contribution in [0.4, 0.5) is 5.69 Å². The summed E-state index contributed by atoms with van der Waals surface area (Å²) in [5, 5.41) is 12.0. The molecular weight excluding hydrogens is 546 g/mol. The number of methoxy groups -OCH3 is 1. The third-order valence-corrected chi connectivity index (χ3v) is 15.8. The summed E-state index contributed by atoms with van der Waals surface area (Å²) in [4.78, 5) is 29.3. The van der Waals surface area contributed by atoms with Crippen LogP contribution in [-0.2, 0) is 14.3 Å². The molecule has 2 heterocycles. The summed E-state index contributed by atoms with van der Waals surface area (Å²) >= 11 is 0. The quantitative estimate of drug-likeness (QED) is 0.275. The van der Waals surface area contributed by atoms with E-state index in [0.717, 1.165) is 11.3 Å². The third kappa shape index (κ3) is 4.54. The lowest BCUT2D eigenvalue weighted by Crippen LogP contribution is -2.51. The highest BCUT2D eigenvalue weighted by Crippen LogP contribution is 2.56. The lowest BCUT2D eigenvalue weighted by atomic mass is 9.63. The molecule has 0 radical (unpaired) electrons. The Labute approximate surface area is 251 Å². The topological polar surface area (TPSA) is 85.3 Å². The van der Waals surface area contributed by atoms with Crippen LogP contribution in [0.1, 0.15) is 61.0 Å². The van der Waals surface area contributed by atoms with E-state index in [0.29, 0.717) is 39.2 Å². The van der Waals surface area contributed by atoms with E-state index < -0.39 is 37.8 Å². The molecule has 1 fully saturated rings. The summed E-state index contributed by atoms with van der Waals surface area (Å²) in [6, 6.07) is 14.8. The third-order valence-electron chi connectivity index (χ3n) is 9.75. The van der Waals surface area contributed by atoms with Gasteiger partial charge < -0.3 is 19.0 Å². The number of hydrogen-bond acceptors (Lipinski definition) is 6. The van der Waals surface area contributed by atoms with Crippen molar-refractivity contribution in [3.05, 3.63) is 59.7 Å². The molecule has 8 heteroatoms. The van der Waals surface area contributed by atoms with Gasteiger partial charge in [-0.3, -0.25) is 9.59 Å². The second kappa shape index (κ2) is 11.0. The Balaban J connectivity index is 1.65. The number of aliphatic hydroxyl groups is 1. The summed E-state index contributed by atoms with van der Waals surface area (Å²) in [5.41, 5.74) is 2.86. The predicted octanol–water partition coefficient (Wildman–Crippen LogP) is 6.61. The first-order chi connectivity index (χ1) is 19.8. The Kier molecular flexibility index (Phi) is 7.96. The van der Waals surface area contributed by atoms with Gasteiger partial charge in [-0.15, -0.1) is 0 Å². The van der Waals surface area contributed by atoms with Gasteiger partial charge in [0, 0.05) is 24.7 Å². The van der Waals surface area contributed by atoms with Gasteiger partial charge in [0.25, 0.3) is 8.32 Å². The molecule has 1 N–H and O–H groups in total. The summed E-state index contributed by atoms with van der Waals surface area (Å²) in [6.07, 6.45) is -1.02. The number of para-hydroxylation sites is 1. The van der Waals surface area contributed by atoms with E-state index in [9.17, 15) is 14.7 Å². The largest absolute Gasteiger partial charge is 0.543 e. The zero-order valence-electron chi connectivity index (χ0n) is 26.3. The van der Waals surface area contributed by atoms with E-state index in [1.165, 1.54) is 4.90 Å². The molecule has 226 valence electrons. The maximum absolute atomic E-state index is 14.1. The van der Waals surface area contributed by atoms with Crippen LogP contribution in [0.2, 0.25) is 16.6 Å². The van der Waals surface area contributed by atoms with Crippen LogP contribution >= 0.6 is 0 Å². The first-order valence-corrected chi connectivity index (χ1v) is 17.3. The molecule has 2 aliphatic heterocycles. The lowest BCUT2D eigenvalue weighted by molar-refractivity contribution is -0.125. The molecule has 2 aromatic carbocycles. The molecule has 1 saturated heterocycles. The SMILES string of the molecule is COC[C@@H]1[C@@H]2C(=O)N(c3ccccc3)C(=O)[C@@H]2C2=C(c3ccc(O[Si](C(C)C)(C(C)C)C(C)C)cc3OC2(C)C)[C@H]1O. The van der Waals surface area contributed by atoms with Crippen molar-refractivity contribution in [1.82, 2.24) is 0 Å². The molecule has 4 atom stereocenters. The highest BCUT2D eigenvalue weighted by atomic mass is 28.4. The Morgan fingerprint density at radius 3 is 2.14 bits per heavy atom. The van der Waals surface area contributed by atoms with Crippen molar-refractivity contribution in [3.8, 4) is 11.5 Å². The number of carbonyl (C=O) groups is 2. The molecule has 0 aromatic heterocycles. The van der Waals surface area contributed by atoms with E-state index in [2.05, 4.69) is 41.5 Å². The number of anilines is 1. The number of nitrogens with zero attached hydrogens (tertiary/aromatic N) is 1. The normalized spacial score (nSPS) is 25.1. The van der Waals surface area contributed by atoms with Gasteiger partial charge in [-0.1, -0.05) is 59.7 Å². The number of ether oxygens (including phenoxy) is 2. The van der Waals surface area contributed by atoms with Crippen molar-refractivity contribution in [2.45, 2.75) is 83.7 Å². The number of aliphatic hydroxyl groups excluding tert-OH is 1. The zero-order valence-corrected chi connectivity index (χ0v) is 27.3. The number of carbonyl (C=O) groups excluding carboxylic acids is 2. The van der Waals surface area contributed by atoms with Crippen LogP contribution < -0.4 is 14.1 Å². The molecule has 1 aliphatic carbocycles. The maximum Gasteiger partial charge on any atom is 0.258 e. The second-order valence-electron chi connectivity index (χ2n) is 13.4. The van der Waals surface area contributed by atoms with Gasteiger partial charge in [0.1, 0.15) is 17.1 Å². The fourth-order valence-corrected chi connectivity index (χ4v) is 13.4. The van der Waals surface area contributed by atoms with Crippen LogP contribution in [0.3, 0.4) is 0 Å². The van der Waals surface area contributed by atoms with Gasteiger partial charge >= 0.3 is 0 Å². The van der Waals surface area contributed by atoms with Gasteiger partial charge in [-0.05, 0) is 65.9 Å². The van der Waals surface area contributed by atoms with Gasteiger partial charge in [-0.25, -0.2) is 4.90 Å². The molecule has 3 aliphatic rings. The molecule has 0 spiro atoms. The van der Waals surface area contributed by atoms with Crippen molar-refractivity contribution in [2.24, 2.45) is 17.8 Å². The molecule has 2 amide bonds. The highest BCUT2D eigenvalue weighted by molar-refractivity contribution is 6.78. The van der Waals surface area contributed by atoms with Gasteiger partial charge in [0.05, 0.1) is 30.2 Å². The minimum Gasteiger partial charge on any atom is -0.543 e. The van der Waals surface area contributed by atoms with Crippen molar-refractivity contribution in [2.75, 3.05) is 18.6 Å². The van der Waals surface area contributed by atoms with Crippen molar-refractivity contribution in [3.63, 3.8) is 0 Å². The number of fused-ring (bicyclic) bond motifs is 4. The number of benzene rings is 2. The first-order valence-electron chi connectivity index (χ1n) is 15.1. The number of amides is 2. The summed E-state index contributed by atoms with van der Waals surface area (Å²) in [5.74, 6) is -1.35. The van der Waals surface area contributed by atoms with E-state index in [1.807, 2.05) is 50.2 Å². The average molecular weight is 592 g/mol. The standard InChI is InChI=1S/C34H45NO6Si/c1-19(2)42(20(3)4,21(5)6)41-23-15-16-24-26(17-23)40-34(7,8)30-28(24)31(36)25(18-39-9)27-29(30)33(38)35(32(27)37)22-13-11-10-12-14-22/h10-17,19-21,25,27,29,31,36H,18H2,1-9H3/t25-,27+,29+,31+/m1/s1. The minimum absolute atomic E-state index is 0.143. The van der Waals surface area contributed by atoms with E-state index >= 15 is 0 Å². The van der Waals surface area contributed by atoms with Crippen LogP contribution in [0.15, 0.2) is 54.1 Å². The zero-order chi connectivity index (χ0) is 30.7. The van der Waals surface area contributed by atoms with E-state index in [4.69, 9.17) is 13.9 Å². The molecule has 0 bridgehead atoms. The Morgan fingerprint density at radius 2 is 1.57 bits per heavy atom. The molecule has 0 saturated carbocycles. The molecule has 5 rings (SSSR count). The Bertz CT molecular complexity index is 1380. The highest BCUT2D eigenvalue weighted by Gasteiger charge is 2.62. The summed E-state index contributed by atoms with van der Waals surface area (Å²) in [7, 11) is -0.657. The van der Waals surface area contributed by atoms with Crippen molar-refractivity contribution >= 4 is 31.4 Å². The predicted molar refractivity (Wildman–Crippen MR) is 167 cm³/mol. The van der Waals surface area contributed by atoms with Crippen LogP contribution in [0, 0.1) is 17.8 Å². The Hall–Kier alpha value is -2.94. The lowest BCUT2D eigenvalue weighted by Gasteiger charge is -2.47. The average Bonchev–Trinajstić information content (AvgIpc) is 3.17. The van der Waals surface area contributed by atoms with Gasteiger partial charge in [0.15, 0.2) is 0 Å². The summed E-state index contributed by atoms with van der Waals surface area (Å²) < 4.78 is 19.2. The second-order valence-corrected chi connectivity index (χ2v) is 18.8. The molecule has 2 aromatic rings. The number of imide groups is 1. The molecular formula is C34H45NO6Si. The monoisotopic (exact) mass is 591 g/mol.